The Hall–Kier alpha value is -4.05. The van der Waals surface area contributed by atoms with Gasteiger partial charge >= 0.3 is 0 Å². The zero-order valence-corrected chi connectivity index (χ0v) is 26.0. The number of hydrogen-bond acceptors (Lipinski definition) is 6. The van der Waals surface area contributed by atoms with E-state index in [0.29, 0.717) is 17.9 Å². The highest BCUT2D eigenvalue weighted by Gasteiger charge is 2.33. The number of rotatable bonds is 14. The van der Waals surface area contributed by atoms with E-state index in [9.17, 15) is 18.0 Å². The highest BCUT2D eigenvalue weighted by atomic mass is 32.2. The number of carbonyl (C=O) groups is 2. The third kappa shape index (κ3) is 8.03. The summed E-state index contributed by atoms with van der Waals surface area (Å²) in [6.45, 7) is 7.15. The molecule has 0 aliphatic carbocycles. The maximum absolute atomic E-state index is 14.1. The van der Waals surface area contributed by atoms with Crippen molar-refractivity contribution in [1.82, 2.24) is 10.2 Å². The lowest BCUT2D eigenvalue weighted by Crippen LogP contribution is -2.53. The predicted molar refractivity (Wildman–Crippen MR) is 164 cm³/mol. The van der Waals surface area contributed by atoms with Gasteiger partial charge in [-0.1, -0.05) is 55.0 Å². The zero-order valence-electron chi connectivity index (χ0n) is 25.2. The van der Waals surface area contributed by atoms with Gasteiger partial charge in [0.15, 0.2) is 11.5 Å². The number of nitrogens with one attached hydrogen (secondary N) is 1. The summed E-state index contributed by atoms with van der Waals surface area (Å²) in [4.78, 5) is 28.6. The van der Waals surface area contributed by atoms with Gasteiger partial charge in [0.05, 0.1) is 24.8 Å². The molecule has 0 aliphatic heterocycles. The number of nitrogens with zero attached hydrogens (tertiary/aromatic N) is 2. The Balaban J connectivity index is 2.01. The quantitative estimate of drug-likeness (QED) is 0.293. The largest absolute Gasteiger partial charge is 0.493 e. The van der Waals surface area contributed by atoms with Crippen molar-refractivity contribution in [2.24, 2.45) is 0 Å². The normalized spacial score (nSPS) is 12.6. The van der Waals surface area contributed by atoms with Gasteiger partial charge in [-0.15, -0.1) is 0 Å². The molecule has 0 saturated heterocycles. The van der Waals surface area contributed by atoms with Gasteiger partial charge < -0.3 is 19.7 Å². The van der Waals surface area contributed by atoms with E-state index in [-0.39, 0.29) is 29.1 Å². The lowest BCUT2D eigenvalue weighted by molar-refractivity contribution is -0.139. The van der Waals surface area contributed by atoms with Crippen LogP contribution in [0.3, 0.4) is 0 Å². The molecule has 0 saturated carbocycles. The highest BCUT2D eigenvalue weighted by Crippen LogP contribution is 2.32. The maximum atomic E-state index is 14.1. The molecule has 0 radical (unpaired) electrons. The number of ether oxygens (including phenoxy) is 2. The first-order chi connectivity index (χ1) is 20.0. The minimum absolute atomic E-state index is 0.0630. The number of sulfonamides is 1. The van der Waals surface area contributed by atoms with E-state index in [2.05, 4.69) is 5.32 Å². The third-order valence-corrected chi connectivity index (χ3v) is 8.97. The Kier molecular flexibility index (Phi) is 11.4. The monoisotopic (exact) mass is 595 g/mol. The third-order valence-electron chi connectivity index (χ3n) is 7.20. The SMILES string of the molecule is CCC(C)NC(=O)C(C)N(CCc1ccccc1)C(=O)CN(c1ccc(C)cc1)S(=O)(=O)c1ccc(OC)c(OC)c1. The van der Waals surface area contributed by atoms with Crippen LogP contribution in [-0.2, 0) is 26.0 Å². The van der Waals surface area contributed by atoms with Crippen molar-refractivity contribution in [2.75, 3.05) is 31.6 Å². The average molecular weight is 596 g/mol. The lowest BCUT2D eigenvalue weighted by atomic mass is 10.1. The molecule has 3 rings (SSSR count). The minimum Gasteiger partial charge on any atom is -0.493 e. The molecule has 2 atom stereocenters. The molecule has 2 unspecified atom stereocenters. The van der Waals surface area contributed by atoms with Crippen molar-refractivity contribution in [3.8, 4) is 11.5 Å². The number of benzene rings is 3. The summed E-state index contributed by atoms with van der Waals surface area (Å²) in [5.74, 6) is -0.172. The minimum atomic E-state index is -4.24. The molecule has 0 aliphatic rings. The van der Waals surface area contributed by atoms with Crippen molar-refractivity contribution < 1.29 is 27.5 Å². The van der Waals surface area contributed by atoms with Crippen LogP contribution in [0.4, 0.5) is 5.69 Å². The summed E-state index contributed by atoms with van der Waals surface area (Å²) in [6.07, 6.45) is 1.24. The van der Waals surface area contributed by atoms with E-state index in [0.717, 1.165) is 21.9 Å². The average Bonchev–Trinajstić information content (AvgIpc) is 3.00. The van der Waals surface area contributed by atoms with Gasteiger partial charge in [0, 0.05) is 18.7 Å². The fourth-order valence-electron chi connectivity index (χ4n) is 4.38. The van der Waals surface area contributed by atoms with Gasteiger partial charge in [-0.2, -0.15) is 0 Å². The Morgan fingerprint density at radius 2 is 1.55 bits per heavy atom. The molecule has 42 heavy (non-hydrogen) atoms. The molecule has 0 heterocycles. The van der Waals surface area contributed by atoms with E-state index in [4.69, 9.17) is 9.47 Å². The van der Waals surface area contributed by atoms with Crippen LogP contribution in [0.25, 0.3) is 0 Å². The Bertz CT molecular complexity index is 1440. The Morgan fingerprint density at radius 3 is 2.14 bits per heavy atom. The zero-order chi connectivity index (χ0) is 30.9. The number of aryl methyl sites for hydroxylation is 1. The first kappa shape index (κ1) is 32.5. The Labute approximate surface area is 249 Å². The molecule has 0 spiro atoms. The molecule has 3 aromatic carbocycles. The van der Waals surface area contributed by atoms with Gasteiger partial charge in [-0.3, -0.25) is 13.9 Å². The summed E-state index contributed by atoms with van der Waals surface area (Å²) in [5.41, 5.74) is 2.26. The van der Waals surface area contributed by atoms with Crippen molar-refractivity contribution in [3.05, 3.63) is 83.9 Å². The standard InChI is InChI=1S/C32H41N3O6S/c1-7-24(3)33-32(37)25(4)34(20-19-26-11-9-8-10-12-26)31(36)22-35(27-15-13-23(2)14-16-27)42(38,39)28-17-18-29(40-5)30(21-28)41-6/h8-18,21,24-25H,7,19-20,22H2,1-6H3,(H,33,37). The Morgan fingerprint density at radius 1 is 0.905 bits per heavy atom. The molecule has 2 amide bonds. The van der Waals surface area contributed by atoms with Crippen molar-refractivity contribution in [2.45, 2.75) is 57.5 Å². The van der Waals surface area contributed by atoms with Crippen molar-refractivity contribution in [1.29, 1.82) is 0 Å². The van der Waals surface area contributed by atoms with E-state index in [1.54, 1.807) is 31.2 Å². The lowest BCUT2D eigenvalue weighted by Gasteiger charge is -2.32. The molecule has 0 bridgehead atoms. The molecular formula is C32H41N3O6S. The number of hydrogen-bond donors (Lipinski definition) is 1. The van der Waals surface area contributed by atoms with Crippen LogP contribution in [-0.4, -0.2) is 64.5 Å². The molecular weight excluding hydrogens is 554 g/mol. The molecule has 226 valence electrons. The van der Waals surface area contributed by atoms with Crippen LogP contribution in [0, 0.1) is 6.92 Å². The van der Waals surface area contributed by atoms with E-state index in [1.807, 2.05) is 51.1 Å². The number of methoxy groups -OCH3 is 2. The smallest absolute Gasteiger partial charge is 0.264 e. The van der Waals surface area contributed by atoms with E-state index >= 15 is 0 Å². The van der Waals surface area contributed by atoms with Crippen LogP contribution in [0.5, 0.6) is 11.5 Å². The number of amides is 2. The molecule has 9 nitrogen and oxygen atoms in total. The van der Waals surface area contributed by atoms with Crippen LogP contribution in [0.15, 0.2) is 77.7 Å². The van der Waals surface area contributed by atoms with E-state index in [1.165, 1.54) is 37.3 Å². The fraction of sp³-hybridized carbons (Fsp3) is 0.375. The summed E-state index contributed by atoms with van der Waals surface area (Å²) < 4.78 is 39.9. The van der Waals surface area contributed by atoms with Crippen LogP contribution in [0.1, 0.15) is 38.3 Å². The van der Waals surface area contributed by atoms with Gasteiger partial charge in [0.2, 0.25) is 11.8 Å². The summed E-state index contributed by atoms with van der Waals surface area (Å²) in [6, 6.07) is 19.9. The van der Waals surface area contributed by atoms with Gasteiger partial charge in [-0.05, 0) is 63.4 Å². The number of anilines is 1. The second kappa shape index (κ2) is 14.7. The molecule has 10 heteroatoms. The summed E-state index contributed by atoms with van der Waals surface area (Å²) in [5, 5.41) is 2.94. The second-order valence-electron chi connectivity index (χ2n) is 10.2. The second-order valence-corrected chi connectivity index (χ2v) is 12.0. The molecule has 0 aromatic heterocycles. The van der Waals surface area contributed by atoms with Crippen molar-refractivity contribution >= 4 is 27.5 Å². The molecule has 3 aromatic rings. The molecule has 0 fully saturated rings. The predicted octanol–water partition coefficient (Wildman–Crippen LogP) is 4.58. The van der Waals surface area contributed by atoms with Gasteiger partial charge in [0.1, 0.15) is 12.6 Å². The summed E-state index contributed by atoms with van der Waals surface area (Å²) in [7, 11) is -1.35. The van der Waals surface area contributed by atoms with Gasteiger partial charge in [-0.25, -0.2) is 8.42 Å². The van der Waals surface area contributed by atoms with Crippen LogP contribution >= 0.6 is 0 Å². The topological polar surface area (TPSA) is 105 Å². The fourth-order valence-corrected chi connectivity index (χ4v) is 5.81. The highest BCUT2D eigenvalue weighted by molar-refractivity contribution is 7.92. The first-order valence-electron chi connectivity index (χ1n) is 14.0. The van der Waals surface area contributed by atoms with Gasteiger partial charge in [0.25, 0.3) is 10.0 Å². The van der Waals surface area contributed by atoms with Crippen LogP contribution < -0.4 is 19.1 Å². The summed E-state index contributed by atoms with van der Waals surface area (Å²) >= 11 is 0. The molecule has 1 N–H and O–H groups in total. The number of carbonyl (C=O) groups excluding carboxylic acids is 2. The van der Waals surface area contributed by atoms with Crippen molar-refractivity contribution in [3.63, 3.8) is 0 Å². The van der Waals surface area contributed by atoms with Crippen LogP contribution in [0.2, 0.25) is 0 Å². The van der Waals surface area contributed by atoms with E-state index < -0.39 is 28.5 Å². The first-order valence-corrected chi connectivity index (χ1v) is 15.4. The maximum Gasteiger partial charge on any atom is 0.264 e.